The van der Waals surface area contributed by atoms with E-state index in [2.05, 4.69) is 77.4 Å². The Labute approximate surface area is 200 Å². The lowest BCUT2D eigenvalue weighted by atomic mass is 10.1. The zero-order valence-electron chi connectivity index (χ0n) is 18.6. The van der Waals surface area contributed by atoms with Gasteiger partial charge in [0.05, 0.1) is 33.3 Å². The van der Waals surface area contributed by atoms with Crippen LogP contribution in [-0.4, -0.2) is 9.13 Å². The van der Waals surface area contributed by atoms with Gasteiger partial charge in [-0.05, 0) is 60.7 Å². The largest absolute Gasteiger partial charge is 0.309 e. The first-order valence-electron chi connectivity index (χ1n) is 11.5. The second kappa shape index (κ2) is 7.31. The van der Waals surface area contributed by atoms with Crippen molar-refractivity contribution in [2.45, 2.75) is 0 Å². The maximum Gasteiger partial charge on any atom is 0.125 e. The van der Waals surface area contributed by atoms with Crippen LogP contribution in [0.2, 0.25) is 0 Å². The molecule has 164 valence electrons. The molecule has 0 aliphatic carbocycles. The van der Waals surface area contributed by atoms with E-state index in [1.807, 2.05) is 28.8 Å². The molecule has 0 saturated heterocycles. The van der Waals surface area contributed by atoms with Crippen LogP contribution in [0, 0.1) is 17.1 Å². The van der Waals surface area contributed by atoms with Crippen LogP contribution in [-0.2, 0) is 0 Å². The van der Waals surface area contributed by atoms with Gasteiger partial charge < -0.3 is 9.13 Å². The lowest BCUT2D eigenvalue weighted by Crippen LogP contribution is -1.98. The molecule has 5 aromatic carbocycles. The molecule has 2 aromatic heterocycles. The number of benzene rings is 5. The van der Waals surface area contributed by atoms with Crippen molar-refractivity contribution in [3.8, 4) is 17.4 Å². The van der Waals surface area contributed by atoms with E-state index in [1.165, 1.54) is 16.8 Å². The number of halogens is 1. The maximum atomic E-state index is 14.4. The summed E-state index contributed by atoms with van der Waals surface area (Å²) in [7, 11) is 0. The van der Waals surface area contributed by atoms with Crippen molar-refractivity contribution < 1.29 is 4.39 Å². The van der Waals surface area contributed by atoms with Gasteiger partial charge in [-0.15, -0.1) is 0 Å². The third-order valence-corrected chi connectivity index (χ3v) is 6.82. The first kappa shape index (κ1) is 19.6. The quantitative estimate of drug-likeness (QED) is 0.263. The molecule has 0 fully saturated rings. The zero-order chi connectivity index (χ0) is 23.5. The highest BCUT2D eigenvalue weighted by Crippen LogP contribution is 2.37. The van der Waals surface area contributed by atoms with Gasteiger partial charge in [0.15, 0.2) is 0 Å². The van der Waals surface area contributed by atoms with E-state index in [-0.39, 0.29) is 5.82 Å². The van der Waals surface area contributed by atoms with E-state index in [1.54, 1.807) is 12.1 Å². The van der Waals surface area contributed by atoms with Crippen molar-refractivity contribution in [2.75, 3.05) is 0 Å². The molecule has 3 nitrogen and oxygen atoms in total. The molecule has 0 aliphatic rings. The minimum absolute atomic E-state index is 0.307. The summed E-state index contributed by atoms with van der Waals surface area (Å²) in [6.07, 6.45) is 0. The number of para-hydroxylation sites is 3. The van der Waals surface area contributed by atoms with Crippen LogP contribution in [0.5, 0.6) is 0 Å². The summed E-state index contributed by atoms with van der Waals surface area (Å²) < 4.78 is 18.7. The monoisotopic (exact) mass is 451 g/mol. The van der Waals surface area contributed by atoms with Crippen LogP contribution in [0.3, 0.4) is 0 Å². The summed E-state index contributed by atoms with van der Waals surface area (Å²) in [6, 6.07) is 37.8. The molecule has 0 amide bonds. The molecule has 0 saturated carbocycles. The van der Waals surface area contributed by atoms with E-state index in [9.17, 15) is 9.65 Å². The van der Waals surface area contributed by atoms with E-state index < -0.39 is 0 Å². The lowest BCUT2D eigenvalue weighted by molar-refractivity contribution is 0.629. The van der Waals surface area contributed by atoms with Gasteiger partial charge in [-0.3, -0.25) is 0 Å². The summed E-state index contributed by atoms with van der Waals surface area (Å²) in [5.41, 5.74) is 6.26. The summed E-state index contributed by atoms with van der Waals surface area (Å²) in [4.78, 5) is 0. The van der Waals surface area contributed by atoms with Crippen LogP contribution >= 0.6 is 0 Å². The molecule has 0 aliphatic heterocycles. The highest BCUT2D eigenvalue weighted by molar-refractivity contribution is 6.12. The molecule has 7 rings (SSSR count). The van der Waals surface area contributed by atoms with Crippen molar-refractivity contribution in [2.24, 2.45) is 0 Å². The Hall–Kier alpha value is -4.88. The Morgan fingerprint density at radius 1 is 0.543 bits per heavy atom. The van der Waals surface area contributed by atoms with Gasteiger partial charge in [-0.25, -0.2) is 4.39 Å². The minimum Gasteiger partial charge on any atom is -0.309 e. The Balaban J connectivity index is 1.60. The van der Waals surface area contributed by atoms with Gasteiger partial charge in [0, 0.05) is 27.2 Å². The normalized spacial score (nSPS) is 11.5. The third kappa shape index (κ3) is 2.76. The Morgan fingerprint density at radius 2 is 1.17 bits per heavy atom. The second-order valence-corrected chi connectivity index (χ2v) is 8.70. The van der Waals surface area contributed by atoms with Crippen molar-refractivity contribution in [3.05, 3.63) is 121 Å². The van der Waals surface area contributed by atoms with Crippen molar-refractivity contribution in [1.82, 2.24) is 9.13 Å². The van der Waals surface area contributed by atoms with Crippen LogP contribution in [0.25, 0.3) is 55.0 Å². The van der Waals surface area contributed by atoms with E-state index in [0.29, 0.717) is 5.56 Å². The molecule has 7 aromatic rings. The van der Waals surface area contributed by atoms with Gasteiger partial charge in [-0.2, -0.15) is 5.26 Å². The molecule has 0 spiro atoms. The standard InChI is InChI=1S/C31H18FN3/c32-21-13-15-25-26-18-22(34-28-11-5-2-8-23(28)24-9-3-6-12-29(24)34)14-16-30(26)35(31(25)17-21)27-10-4-1-7-20(27)19-33/h1-18H. The Morgan fingerprint density at radius 3 is 1.91 bits per heavy atom. The molecule has 0 N–H and O–H groups in total. The fraction of sp³-hybridized carbons (Fsp3) is 0. The van der Waals surface area contributed by atoms with Crippen molar-refractivity contribution in [1.29, 1.82) is 5.26 Å². The lowest BCUT2D eigenvalue weighted by Gasteiger charge is -2.11. The average Bonchev–Trinajstić information content (AvgIpc) is 3.40. The van der Waals surface area contributed by atoms with Gasteiger partial charge in [0.1, 0.15) is 11.9 Å². The van der Waals surface area contributed by atoms with Gasteiger partial charge in [0.25, 0.3) is 0 Å². The fourth-order valence-corrected chi connectivity index (χ4v) is 5.34. The Kier molecular flexibility index (Phi) is 4.09. The summed E-state index contributed by atoms with van der Waals surface area (Å²) in [5.74, 6) is -0.307. The molecule has 4 heteroatoms. The van der Waals surface area contributed by atoms with Crippen LogP contribution in [0.4, 0.5) is 4.39 Å². The predicted molar refractivity (Wildman–Crippen MR) is 140 cm³/mol. The Bertz CT molecular complexity index is 1930. The summed E-state index contributed by atoms with van der Waals surface area (Å²) in [5, 5.41) is 14.1. The third-order valence-electron chi connectivity index (χ3n) is 6.82. The maximum absolute atomic E-state index is 14.4. The number of hydrogen-bond donors (Lipinski definition) is 0. The molecule has 2 heterocycles. The minimum atomic E-state index is -0.307. The predicted octanol–water partition coefficient (Wildman–Crippen LogP) is 7.89. The number of rotatable bonds is 2. The average molecular weight is 452 g/mol. The molecule has 0 unspecified atom stereocenters. The first-order chi connectivity index (χ1) is 17.2. The topological polar surface area (TPSA) is 33.6 Å². The fourth-order valence-electron chi connectivity index (χ4n) is 5.34. The highest BCUT2D eigenvalue weighted by Gasteiger charge is 2.17. The van der Waals surface area contributed by atoms with Crippen molar-refractivity contribution in [3.63, 3.8) is 0 Å². The summed E-state index contributed by atoms with van der Waals surface area (Å²) in [6.45, 7) is 0. The van der Waals surface area contributed by atoms with E-state index >= 15 is 0 Å². The van der Waals surface area contributed by atoms with E-state index in [4.69, 9.17) is 0 Å². The number of aromatic nitrogens is 2. The molecule has 0 atom stereocenters. The van der Waals surface area contributed by atoms with Crippen LogP contribution < -0.4 is 0 Å². The second-order valence-electron chi connectivity index (χ2n) is 8.70. The molecular formula is C31H18FN3. The van der Waals surface area contributed by atoms with Crippen LogP contribution in [0.15, 0.2) is 109 Å². The van der Waals surface area contributed by atoms with Gasteiger partial charge in [0.2, 0.25) is 0 Å². The summed E-state index contributed by atoms with van der Waals surface area (Å²) >= 11 is 0. The van der Waals surface area contributed by atoms with Crippen molar-refractivity contribution >= 4 is 43.6 Å². The number of hydrogen-bond acceptors (Lipinski definition) is 1. The number of fused-ring (bicyclic) bond motifs is 6. The molecular weight excluding hydrogens is 433 g/mol. The smallest absolute Gasteiger partial charge is 0.125 e. The number of nitrogens with zero attached hydrogens (tertiary/aromatic N) is 3. The molecule has 0 radical (unpaired) electrons. The van der Waals surface area contributed by atoms with E-state index in [0.717, 1.165) is 44.2 Å². The molecule has 35 heavy (non-hydrogen) atoms. The molecule has 0 bridgehead atoms. The van der Waals surface area contributed by atoms with Crippen LogP contribution in [0.1, 0.15) is 5.56 Å². The number of nitriles is 1. The zero-order valence-corrected chi connectivity index (χ0v) is 18.6. The van der Waals surface area contributed by atoms with Gasteiger partial charge in [-0.1, -0.05) is 48.5 Å². The SMILES string of the molecule is N#Cc1ccccc1-n1c2ccc(-n3c4ccccc4c4ccccc43)cc2c2ccc(F)cc21. The first-order valence-corrected chi connectivity index (χ1v) is 11.5. The highest BCUT2D eigenvalue weighted by atomic mass is 19.1. The van der Waals surface area contributed by atoms with Gasteiger partial charge >= 0.3 is 0 Å².